The van der Waals surface area contributed by atoms with Crippen LogP contribution in [-0.4, -0.2) is 38.6 Å². The molecule has 110 valence electrons. The van der Waals surface area contributed by atoms with Crippen LogP contribution in [0.5, 0.6) is 0 Å². The second-order valence-electron chi connectivity index (χ2n) is 4.18. The molecule has 0 aliphatic carbocycles. The molecule has 2 amide bonds. The summed E-state index contributed by atoms with van der Waals surface area (Å²) in [6.07, 6.45) is 0.430. The van der Waals surface area contributed by atoms with E-state index in [4.69, 9.17) is 4.74 Å². The van der Waals surface area contributed by atoms with E-state index in [2.05, 4.69) is 16.0 Å². The molecule has 1 rings (SSSR count). The van der Waals surface area contributed by atoms with Crippen molar-refractivity contribution in [2.75, 3.05) is 37.4 Å². The van der Waals surface area contributed by atoms with Crippen LogP contribution in [-0.2, 0) is 14.3 Å². The van der Waals surface area contributed by atoms with E-state index in [-0.39, 0.29) is 18.4 Å². The van der Waals surface area contributed by atoms with Gasteiger partial charge in [0.15, 0.2) is 0 Å². The van der Waals surface area contributed by atoms with Crippen molar-refractivity contribution in [1.82, 2.24) is 5.32 Å². The van der Waals surface area contributed by atoms with Gasteiger partial charge < -0.3 is 20.7 Å². The summed E-state index contributed by atoms with van der Waals surface area (Å²) in [5.74, 6) is -0.149. The van der Waals surface area contributed by atoms with Crippen LogP contribution in [0.4, 0.5) is 11.4 Å². The maximum atomic E-state index is 11.5. The third-order valence-corrected chi connectivity index (χ3v) is 2.55. The van der Waals surface area contributed by atoms with Gasteiger partial charge in [-0.2, -0.15) is 0 Å². The van der Waals surface area contributed by atoms with E-state index in [0.29, 0.717) is 25.3 Å². The predicted octanol–water partition coefficient (Wildman–Crippen LogP) is 1.21. The van der Waals surface area contributed by atoms with Crippen LogP contribution >= 0.6 is 0 Å². The predicted molar refractivity (Wildman–Crippen MR) is 78.7 cm³/mol. The second-order valence-corrected chi connectivity index (χ2v) is 4.18. The Labute approximate surface area is 118 Å². The highest BCUT2D eigenvalue weighted by atomic mass is 16.5. The maximum Gasteiger partial charge on any atom is 0.239 e. The van der Waals surface area contributed by atoms with E-state index in [9.17, 15) is 9.59 Å². The quantitative estimate of drug-likeness (QED) is 0.625. The lowest BCUT2D eigenvalue weighted by atomic mass is 10.2. The minimum Gasteiger partial charge on any atom is -0.383 e. The highest BCUT2D eigenvalue weighted by molar-refractivity contribution is 5.91. The molecule has 0 aliphatic heterocycles. The highest BCUT2D eigenvalue weighted by Gasteiger charge is 2.02. The fraction of sp³-hybridized carbons (Fsp3) is 0.429. The number of nitrogens with one attached hydrogen (secondary N) is 3. The van der Waals surface area contributed by atoms with E-state index >= 15 is 0 Å². The minimum atomic E-state index is -0.106. The fourth-order valence-electron chi connectivity index (χ4n) is 1.49. The zero-order valence-electron chi connectivity index (χ0n) is 11.9. The Bertz CT molecular complexity index is 449. The Balaban J connectivity index is 2.42. The van der Waals surface area contributed by atoms with Gasteiger partial charge >= 0.3 is 0 Å². The molecule has 0 bridgehead atoms. The lowest BCUT2D eigenvalue weighted by Gasteiger charge is -2.09. The summed E-state index contributed by atoms with van der Waals surface area (Å²) in [6.45, 7) is 2.95. The van der Waals surface area contributed by atoms with Crippen molar-refractivity contribution in [1.29, 1.82) is 0 Å². The number of carbonyl (C=O) groups excluding carboxylic acids is 2. The van der Waals surface area contributed by atoms with Crippen LogP contribution in [0.2, 0.25) is 0 Å². The SMILES string of the molecule is CCC(=O)Nc1cccc(NCC(=O)NCCOC)c1. The molecule has 0 saturated carbocycles. The molecule has 0 heterocycles. The molecule has 0 aliphatic rings. The van der Waals surface area contributed by atoms with Crippen LogP contribution in [0, 0.1) is 0 Å². The van der Waals surface area contributed by atoms with Gasteiger partial charge in [-0.05, 0) is 18.2 Å². The highest BCUT2D eigenvalue weighted by Crippen LogP contribution is 2.14. The van der Waals surface area contributed by atoms with E-state index in [0.717, 1.165) is 5.69 Å². The molecule has 0 aromatic heterocycles. The Morgan fingerprint density at radius 1 is 1.20 bits per heavy atom. The number of methoxy groups -OCH3 is 1. The number of hydrogen-bond donors (Lipinski definition) is 3. The molecule has 1 aromatic carbocycles. The Morgan fingerprint density at radius 3 is 2.65 bits per heavy atom. The molecule has 6 heteroatoms. The van der Waals surface area contributed by atoms with Crippen molar-refractivity contribution in [2.24, 2.45) is 0 Å². The van der Waals surface area contributed by atoms with Crippen molar-refractivity contribution in [3.8, 4) is 0 Å². The fourth-order valence-corrected chi connectivity index (χ4v) is 1.49. The number of rotatable bonds is 8. The Morgan fingerprint density at radius 2 is 1.95 bits per heavy atom. The van der Waals surface area contributed by atoms with Gasteiger partial charge in [-0.3, -0.25) is 9.59 Å². The first-order valence-electron chi connectivity index (χ1n) is 6.55. The molecule has 0 radical (unpaired) electrons. The van der Waals surface area contributed by atoms with E-state index in [1.807, 2.05) is 12.1 Å². The lowest BCUT2D eigenvalue weighted by Crippen LogP contribution is -2.32. The molecule has 0 saturated heterocycles. The average molecular weight is 279 g/mol. The smallest absolute Gasteiger partial charge is 0.239 e. The van der Waals surface area contributed by atoms with Gasteiger partial charge in [-0.15, -0.1) is 0 Å². The lowest BCUT2D eigenvalue weighted by molar-refractivity contribution is -0.119. The molecule has 0 fully saturated rings. The zero-order valence-corrected chi connectivity index (χ0v) is 11.9. The van der Waals surface area contributed by atoms with Gasteiger partial charge in [0.2, 0.25) is 11.8 Å². The molecular formula is C14H21N3O3. The first kappa shape index (κ1) is 16.0. The van der Waals surface area contributed by atoms with Crippen molar-refractivity contribution in [3.63, 3.8) is 0 Å². The van der Waals surface area contributed by atoms with Gasteiger partial charge in [0.1, 0.15) is 0 Å². The zero-order chi connectivity index (χ0) is 14.8. The number of hydrogen-bond acceptors (Lipinski definition) is 4. The molecule has 0 spiro atoms. The van der Waals surface area contributed by atoms with Crippen molar-refractivity contribution in [2.45, 2.75) is 13.3 Å². The summed E-state index contributed by atoms with van der Waals surface area (Å²) >= 11 is 0. The third kappa shape index (κ3) is 6.19. The number of ether oxygens (including phenoxy) is 1. The monoisotopic (exact) mass is 279 g/mol. The molecule has 20 heavy (non-hydrogen) atoms. The molecular weight excluding hydrogens is 258 g/mol. The average Bonchev–Trinajstić information content (AvgIpc) is 2.45. The summed E-state index contributed by atoms with van der Waals surface area (Å²) in [7, 11) is 1.58. The minimum absolute atomic E-state index is 0.0422. The number of carbonyl (C=O) groups is 2. The number of benzene rings is 1. The molecule has 0 atom stereocenters. The van der Waals surface area contributed by atoms with E-state index in [1.165, 1.54) is 0 Å². The van der Waals surface area contributed by atoms with Gasteiger partial charge in [0.05, 0.1) is 13.2 Å². The standard InChI is InChI=1S/C14H21N3O3/c1-3-13(18)17-12-6-4-5-11(9-12)16-10-14(19)15-7-8-20-2/h4-6,9,16H,3,7-8,10H2,1-2H3,(H,15,19)(H,17,18). The van der Waals surface area contributed by atoms with Crippen molar-refractivity contribution >= 4 is 23.2 Å². The topological polar surface area (TPSA) is 79.5 Å². The molecule has 1 aromatic rings. The van der Waals surface area contributed by atoms with Crippen LogP contribution in [0.1, 0.15) is 13.3 Å². The van der Waals surface area contributed by atoms with Crippen LogP contribution in [0.25, 0.3) is 0 Å². The summed E-state index contributed by atoms with van der Waals surface area (Å²) in [6, 6.07) is 7.24. The summed E-state index contributed by atoms with van der Waals surface area (Å²) in [5, 5.41) is 8.48. The molecule has 6 nitrogen and oxygen atoms in total. The van der Waals surface area contributed by atoms with Crippen molar-refractivity contribution < 1.29 is 14.3 Å². The molecule has 3 N–H and O–H groups in total. The first-order valence-corrected chi connectivity index (χ1v) is 6.55. The summed E-state index contributed by atoms with van der Waals surface area (Å²) in [5.41, 5.74) is 1.49. The van der Waals surface area contributed by atoms with Gasteiger partial charge in [0, 0.05) is 31.5 Å². The second kappa shape index (κ2) is 8.92. The Kier molecular flexibility index (Phi) is 7.13. The van der Waals surface area contributed by atoms with Gasteiger partial charge in [-0.1, -0.05) is 13.0 Å². The van der Waals surface area contributed by atoms with Crippen molar-refractivity contribution in [3.05, 3.63) is 24.3 Å². The van der Waals surface area contributed by atoms with Gasteiger partial charge in [-0.25, -0.2) is 0 Å². The van der Waals surface area contributed by atoms with E-state index in [1.54, 1.807) is 26.2 Å². The number of amides is 2. The van der Waals surface area contributed by atoms with Crippen LogP contribution in [0.15, 0.2) is 24.3 Å². The largest absolute Gasteiger partial charge is 0.383 e. The molecule has 0 unspecified atom stereocenters. The summed E-state index contributed by atoms with van der Waals surface area (Å²) < 4.78 is 4.84. The maximum absolute atomic E-state index is 11.5. The normalized spacial score (nSPS) is 9.90. The van der Waals surface area contributed by atoms with Gasteiger partial charge in [0.25, 0.3) is 0 Å². The van der Waals surface area contributed by atoms with Crippen LogP contribution in [0.3, 0.4) is 0 Å². The Hall–Kier alpha value is -2.08. The number of anilines is 2. The third-order valence-electron chi connectivity index (χ3n) is 2.55. The van der Waals surface area contributed by atoms with E-state index < -0.39 is 0 Å². The van der Waals surface area contributed by atoms with Crippen LogP contribution < -0.4 is 16.0 Å². The first-order chi connectivity index (χ1) is 9.65. The summed E-state index contributed by atoms with van der Waals surface area (Å²) in [4.78, 5) is 22.8.